The van der Waals surface area contributed by atoms with E-state index in [4.69, 9.17) is 14.2 Å². The molecule has 5 nitrogen and oxygen atoms in total. The lowest BCUT2D eigenvalue weighted by molar-refractivity contribution is -0.0441. The SMILES string of the molecule is CC(C)(C)OC(=O)NCCC#Cc1ccc(C2OCCO2)cc1. The van der Waals surface area contributed by atoms with Crippen LogP contribution in [0.2, 0.25) is 0 Å². The minimum atomic E-state index is -0.482. The van der Waals surface area contributed by atoms with Crippen LogP contribution < -0.4 is 5.32 Å². The van der Waals surface area contributed by atoms with Crippen LogP contribution in [0.25, 0.3) is 0 Å². The predicted molar refractivity (Wildman–Crippen MR) is 86.8 cm³/mol. The molecule has 1 N–H and O–H groups in total. The van der Waals surface area contributed by atoms with Gasteiger partial charge in [0.25, 0.3) is 0 Å². The fourth-order valence-electron chi connectivity index (χ4n) is 1.98. The van der Waals surface area contributed by atoms with Crippen LogP contribution in [0, 0.1) is 11.8 Å². The van der Waals surface area contributed by atoms with Gasteiger partial charge in [-0.3, -0.25) is 0 Å². The van der Waals surface area contributed by atoms with E-state index in [2.05, 4.69) is 17.2 Å². The summed E-state index contributed by atoms with van der Waals surface area (Å²) in [6, 6.07) is 7.79. The molecular weight excluding hydrogens is 294 g/mol. The molecule has 1 aromatic carbocycles. The molecular formula is C18H23NO4. The fraction of sp³-hybridized carbons (Fsp3) is 0.500. The van der Waals surface area contributed by atoms with Crippen LogP contribution in [-0.2, 0) is 14.2 Å². The molecule has 0 aromatic heterocycles. The van der Waals surface area contributed by atoms with Crippen LogP contribution in [0.1, 0.15) is 44.6 Å². The third-order valence-corrected chi connectivity index (χ3v) is 2.96. The van der Waals surface area contributed by atoms with Crippen LogP contribution in [-0.4, -0.2) is 31.5 Å². The molecule has 1 saturated heterocycles. The zero-order valence-corrected chi connectivity index (χ0v) is 13.8. The fourth-order valence-corrected chi connectivity index (χ4v) is 1.98. The first-order valence-electron chi connectivity index (χ1n) is 7.73. The Bertz CT molecular complexity index is 572. The van der Waals surface area contributed by atoms with Gasteiger partial charge in [0.05, 0.1) is 13.2 Å². The Hall–Kier alpha value is -2.03. The number of alkyl carbamates (subject to hydrolysis) is 1. The highest BCUT2D eigenvalue weighted by atomic mass is 16.7. The van der Waals surface area contributed by atoms with Gasteiger partial charge in [-0.2, -0.15) is 0 Å². The summed E-state index contributed by atoms with van der Waals surface area (Å²) >= 11 is 0. The summed E-state index contributed by atoms with van der Waals surface area (Å²) in [7, 11) is 0. The topological polar surface area (TPSA) is 56.8 Å². The molecule has 5 heteroatoms. The molecule has 2 rings (SSSR count). The van der Waals surface area contributed by atoms with E-state index in [0.29, 0.717) is 26.2 Å². The predicted octanol–water partition coefficient (Wildman–Crippen LogP) is 3.00. The molecule has 1 aromatic rings. The number of hydrogen-bond acceptors (Lipinski definition) is 4. The Labute approximate surface area is 137 Å². The highest BCUT2D eigenvalue weighted by molar-refractivity contribution is 5.67. The zero-order valence-electron chi connectivity index (χ0n) is 13.8. The number of hydrogen-bond donors (Lipinski definition) is 1. The summed E-state index contributed by atoms with van der Waals surface area (Å²) in [6.45, 7) is 7.23. The molecule has 1 fully saturated rings. The molecule has 1 aliphatic heterocycles. The number of amides is 1. The largest absolute Gasteiger partial charge is 0.444 e. The second kappa shape index (κ2) is 8.00. The Balaban J connectivity index is 1.73. The van der Waals surface area contributed by atoms with Crippen LogP contribution >= 0.6 is 0 Å². The van der Waals surface area contributed by atoms with Crippen LogP contribution in [0.3, 0.4) is 0 Å². The molecule has 23 heavy (non-hydrogen) atoms. The smallest absolute Gasteiger partial charge is 0.407 e. The molecule has 0 spiro atoms. The summed E-state index contributed by atoms with van der Waals surface area (Å²) in [6.07, 6.45) is -0.106. The van der Waals surface area contributed by atoms with E-state index in [1.54, 1.807) is 0 Å². The average molecular weight is 317 g/mol. The van der Waals surface area contributed by atoms with Gasteiger partial charge >= 0.3 is 6.09 Å². The molecule has 1 amide bonds. The average Bonchev–Trinajstić information content (AvgIpc) is 3.00. The van der Waals surface area contributed by atoms with Crippen molar-refractivity contribution < 1.29 is 19.0 Å². The lowest BCUT2D eigenvalue weighted by atomic mass is 10.1. The highest BCUT2D eigenvalue weighted by Gasteiger charge is 2.17. The first kappa shape index (κ1) is 17.3. The van der Waals surface area contributed by atoms with Crippen molar-refractivity contribution in [2.75, 3.05) is 19.8 Å². The monoisotopic (exact) mass is 317 g/mol. The van der Waals surface area contributed by atoms with Crippen molar-refractivity contribution in [1.29, 1.82) is 0 Å². The van der Waals surface area contributed by atoms with Crippen molar-refractivity contribution in [2.45, 2.75) is 39.1 Å². The van der Waals surface area contributed by atoms with Gasteiger partial charge < -0.3 is 19.5 Å². The summed E-state index contributed by atoms with van der Waals surface area (Å²) in [5, 5.41) is 2.67. The van der Waals surface area contributed by atoms with E-state index >= 15 is 0 Å². The van der Waals surface area contributed by atoms with E-state index in [1.165, 1.54) is 0 Å². The first-order chi connectivity index (χ1) is 10.9. The Morgan fingerprint density at radius 2 is 1.91 bits per heavy atom. The second-order valence-corrected chi connectivity index (χ2v) is 6.18. The Morgan fingerprint density at radius 3 is 2.52 bits per heavy atom. The minimum absolute atomic E-state index is 0.255. The maximum Gasteiger partial charge on any atom is 0.407 e. The zero-order chi connectivity index (χ0) is 16.7. The number of nitrogens with one attached hydrogen (secondary N) is 1. The molecule has 0 bridgehead atoms. The number of benzene rings is 1. The van der Waals surface area contributed by atoms with Crippen molar-refractivity contribution in [1.82, 2.24) is 5.32 Å². The van der Waals surface area contributed by atoms with Gasteiger partial charge in [0.1, 0.15) is 5.60 Å². The van der Waals surface area contributed by atoms with Gasteiger partial charge in [-0.05, 0) is 32.9 Å². The molecule has 1 heterocycles. The lowest BCUT2D eigenvalue weighted by Gasteiger charge is -2.19. The first-order valence-corrected chi connectivity index (χ1v) is 7.73. The Kier molecular flexibility index (Phi) is 6.03. The van der Waals surface area contributed by atoms with Gasteiger partial charge in [0.2, 0.25) is 0 Å². The highest BCUT2D eigenvalue weighted by Crippen LogP contribution is 2.23. The maximum atomic E-state index is 11.4. The van der Waals surface area contributed by atoms with Gasteiger partial charge in [0.15, 0.2) is 6.29 Å². The molecule has 0 unspecified atom stereocenters. The number of ether oxygens (including phenoxy) is 3. The van der Waals surface area contributed by atoms with E-state index in [-0.39, 0.29) is 6.29 Å². The number of rotatable bonds is 3. The van der Waals surface area contributed by atoms with Crippen molar-refractivity contribution in [3.05, 3.63) is 35.4 Å². The molecule has 0 saturated carbocycles. The van der Waals surface area contributed by atoms with Crippen molar-refractivity contribution in [2.24, 2.45) is 0 Å². The summed E-state index contributed by atoms with van der Waals surface area (Å²) in [5.74, 6) is 6.09. The summed E-state index contributed by atoms with van der Waals surface area (Å²) < 4.78 is 16.0. The van der Waals surface area contributed by atoms with Gasteiger partial charge in [-0.25, -0.2) is 4.79 Å². The van der Waals surface area contributed by atoms with Gasteiger partial charge in [0, 0.05) is 24.1 Å². The van der Waals surface area contributed by atoms with Gasteiger partial charge in [-0.1, -0.05) is 24.0 Å². The third-order valence-electron chi connectivity index (χ3n) is 2.96. The Morgan fingerprint density at radius 1 is 1.26 bits per heavy atom. The van der Waals surface area contributed by atoms with E-state index < -0.39 is 11.7 Å². The minimum Gasteiger partial charge on any atom is -0.444 e. The van der Waals surface area contributed by atoms with Crippen LogP contribution in [0.15, 0.2) is 24.3 Å². The van der Waals surface area contributed by atoms with E-state index in [9.17, 15) is 4.79 Å². The number of carbonyl (C=O) groups is 1. The van der Waals surface area contributed by atoms with Crippen molar-refractivity contribution in [3.8, 4) is 11.8 Å². The van der Waals surface area contributed by atoms with E-state index in [1.807, 2.05) is 45.0 Å². The second-order valence-electron chi connectivity index (χ2n) is 6.18. The van der Waals surface area contributed by atoms with Crippen LogP contribution in [0.4, 0.5) is 4.79 Å². The molecule has 0 radical (unpaired) electrons. The quantitative estimate of drug-likeness (QED) is 0.688. The lowest BCUT2D eigenvalue weighted by Crippen LogP contribution is -2.32. The van der Waals surface area contributed by atoms with Gasteiger partial charge in [-0.15, -0.1) is 0 Å². The normalized spacial score (nSPS) is 14.9. The standard InChI is InChI=1S/C18H23NO4/c1-18(2,3)23-17(20)19-11-5-4-6-14-7-9-15(10-8-14)16-21-12-13-22-16/h7-10,16H,5,11-13H2,1-3H3,(H,19,20). The van der Waals surface area contributed by atoms with Crippen molar-refractivity contribution >= 4 is 6.09 Å². The van der Waals surface area contributed by atoms with E-state index in [0.717, 1.165) is 11.1 Å². The summed E-state index contributed by atoms with van der Waals surface area (Å²) in [5.41, 5.74) is 1.44. The summed E-state index contributed by atoms with van der Waals surface area (Å²) in [4.78, 5) is 11.4. The molecule has 0 atom stereocenters. The van der Waals surface area contributed by atoms with Crippen LogP contribution in [0.5, 0.6) is 0 Å². The molecule has 1 aliphatic rings. The maximum absolute atomic E-state index is 11.4. The third kappa shape index (κ3) is 6.31. The molecule has 0 aliphatic carbocycles. The number of carbonyl (C=O) groups excluding carboxylic acids is 1. The molecule has 124 valence electrons. The van der Waals surface area contributed by atoms with Crippen molar-refractivity contribution in [3.63, 3.8) is 0 Å².